The van der Waals surface area contributed by atoms with Crippen LogP contribution in [0.1, 0.15) is 43.6 Å². The van der Waals surface area contributed by atoms with Crippen LogP contribution in [0.25, 0.3) is 44.3 Å². The van der Waals surface area contributed by atoms with E-state index >= 15 is 8.78 Å². The number of hydrogen-bond acceptors (Lipinski definition) is 9. The van der Waals surface area contributed by atoms with Gasteiger partial charge in [0.2, 0.25) is 26.0 Å². The number of anilines is 2. The molecule has 3 unspecified atom stereocenters. The van der Waals surface area contributed by atoms with Crippen molar-refractivity contribution < 1.29 is 35.1 Å². The van der Waals surface area contributed by atoms with E-state index < -0.39 is 38.6 Å². The molecule has 2 N–H and O–H groups in total. The lowest BCUT2D eigenvalue weighted by molar-refractivity contribution is -0.130. The predicted molar refractivity (Wildman–Crippen MR) is 253 cm³/mol. The minimum Gasteiger partial charge on any atom is -0.383 e. The first kappa shape index (κ1) is 45.7. The minimum absolute atomic E-state index is 0.0160. The van der Waals surface area contributed by atoms with E-state index in [0.29, 0.717) is 42.0 Å². The molecule has 0 radical (unpaired) electrons. The first-order valence-corrected chi connectivity index (χ1v) is 25.2. The summed E-state index contributed by atoms with van der Waals surface area (Å²) >= 11 is 0. The number of H-pyrrole nitrogens is 2. The second-order valence-corrected chi connectivity index (χ2v) is 22.3. The average Bonchev–Trinajstić information content (AvgIpc) is 3.71. The molecule has 3 atom stereocenters. The molecule has 2 saturated heterocycles. The molecule has 3 aliphatic rings. The number of nitrogens with zero attached hydrogens (tertiary/aromatic N) is 6. The number of ether oxygens (including phenoxy) is 1. The van der Waals surface area contributed by atoms with Crippen LogP contribution in [0.4, 0.5) is 20.2 Å². The summed E-state index contributed by atoms with van der Waals surface area (Å²) in [5, 5.41) is 0.888. The maximum atomic E-state index is 15.8. The third kappa shape index (κ3) is 8.69. The highest BCUT2D eigenvalue weighted by Gasteiger charge is 2.55. The Labute approximate surface area is 384 Å². The van der Waals surface area contributed by atoms with Crippen molar-refractivity contribution in [2.24, 2.45) is 5.92 Å². The van der Waals surface area contributed by atoms with Gasteiger partial charge in [0.1, 0.15) is 0 Å². The van der Waals surface area contributed by atoms with Gasteiger partial charge in [-0.3, -0.25) is 9.78 Å². The number of carbonyl (C=O) groups excluding carboxylic acids is 1. The number of benzene rings is 3. The Balaban J connectivity index is 1.02. The molecule has 3 aromatic carbocycles. The third-order valence-electron chi connectivity index (χ3n) is 13.6. The van der Waals surface area contributed by atoms with Gasteiger partial charge in [-0.15, -0.1) is 0 Å². The number of halogens is 2. The van der Waals surface area contributed by atoms with Crippen LogP contribution in [0.15, 0.2) is 95.0 Å². The Morgan fingerprint density at radius 3 is 2.30 bits per heavy atom. The van der Waals surface area contributed by atoms with Gasteiger partial charge in [-0.1, -0.05) is 18.2 Å². The standard InChI is InChI=1S/C48H56F2N8O6S2/c1-54(2)65(60,61)33-12-14-43(57-17-8-9-18-57)36(24-33)39-29-51-42-23-32(28-52-47(39)42)35-26-37(35)45-27-48(49,50)30-58(45)44-15-13-34(25-38(44)41-22-31-10-6-7-11-40(31)53-41)66(62,63)56(4)19-16-46(59)55(3)20-21-64-5/h6-7,10-15,22-25,28-29,35,37,45,51,53H,8-9,16-21,26-27,30H2,1-5H3. The predicted octanol–water partition coefficient (Wildman–Crippen LogP) is 7.36. The molecule has 0 spiro atoms. The van der Waals surface area contributed by atoms with Crippen LogP contribution in [0.5, 0.6) is 0 Å². The molecule has 9 rings (SSSR count). The van der Waals surface area contributed by atoms with E-state index in [1.807, 2.05) is 54.9 Å². The zero-order chi connectivity index (χ0) is 46.7. The zero-order valence-corrected chi connectivity index (χ0v) is 39.4. The van der Waals surface area contributed by atoms with Gasteiger partial charge < -0.3 is 29.4 Å². The van der Waals surface area contributed by atoms with Crippen LogP contribution in [0.2, 0.25) is 0 Å². The normalized spacial score (nSPS) is 19.8. The van der Waals surface area contributed by atoms with E-state index in [9.17, 15) is 21.6 Å². The summed E-state index contributed by atoms with van der Waals surface area (Å²) in [6, 6.07) is 20.9. The van der Waals surface area contributed by atoms with Crippen LogP contribution >= 0.6 is 0 Å². The van der Waals surface area contributed by atoms with Crippen molar-refractivity contribution in [3.8, 4) is 22.4 Å². The van der Waals surface area contributed by atoms with Crippen molar-refractivity contribution in [3.63, 3.8) is 0 Å². The second kappa shape index (κ2) is 17.7. The van der Waals surface area contributed by atoms with Crippen LogP contribution in [0.3, 0.4) is 0 Å². The summed E-state index contributed by atoms with van der Waals surface area (Å²) in [6.45, 7) is 1.89. The van der Waals surface area contributed by atoms with E-state index in [-0.39, 0.29) is 46.9 Å². The Hall–Kier alpha value is -5.40. The van der Waals surface area contributed by atoms with E-state index in [2.05, 4.69) is 14.9 Å². The number of hydrogen-bond donors (Lipinski definition) is 2. The molecule has 66 heavy (non-hydrogen) atoms. The van der Waals surface area contributed by atoms with Crippen molar-refractivity contribution >= 4 is 59.3 Å². The highest BCUT2D eigenvalue weighted by molar-refractivity contribution is 7.89. The highest BCUT2D eigenvalue weighted by atomic mass is 32.2. The van der Waals surface area contributed by atoms with Crippen molar-refractivity contribution in [2.75, 3.05) is 84.4 Å². The summed E-state index contributed by atoms with van der Waals surface area (Å²) in [5.41, 5.74) is 7.26. The molecule has 5 heterocycles. The topological polar surface area (TPSA) is 155 Å². The smallest absolute Gasteiger partial charge is 0.267 e. The molecule has 1 amide bonds. The number of amides is 1. The molecule has 14 nitrogen and oxygen atoms in total. The van der Waals surface area contributed by atoms with Gasteiger partial charge in [0.15, 0.2) is 0 Å². The van der Waals surface area contributed by atoms with E-state index in [0.717, 1.165) is 69.0 Å². The number of alkyl halides is 2. The maximum absolute atomic E-state index is 15.8. The molecular formula is C48H56F2N8O6S2. The number of methoxy groups -OCH3 is 1. The quantitative estimate of drug-likeness (QED) is 0.101. The van der Waals surface area contributed by atoms with Gasteiger partial charge >= 0.3 is 0 Å². The van der Waals surface area contributed by atoms with Crippen LogP contribution in [-0.4, -0.2) is 138 Å². The number of likely N-dealkylation sites (N-methyl/N-ethyl adjacent to an activating group) is 1. The number of para-hydroxylation sites is 1. The summed E-state index contributed by atoms with van der Waals surface area (Å²) in [5.74, 6) is -3.40. The first-order valence-electron chi connectivity index (χ1n) is 22.3. The Kier molecular flexibility index (Phi) is 12.3. The van der Waals surface area contributed by atoms with Crippen LogP contribution < -0.4 is 9.80 Å². The lowest BCUT2D eigenvalue weighted by atomic mass is 10.0. The number of aromatic amines is 2. The van der Waals surface area contributed by atoms with E-state index in [1.165, 1.54) is 36.4 Å². The third-order valence-corrected chi connectivity index (χ3v) is 17.3. The Morgan fingerprint density at radius 2 is 1.58 bits per heavy atom. The molecule has 1 aliphatic carbocycles. The van der Waals surface area contributed by atoms with Gasteiger partial charge in [-0.25, -0.2) is 34.2 Å². The molecule has 3 aromatic heterocycles. The summed E-state index contributed by atoms with van der Waals surface area (Å²) in [7, 11) is -0.160. The fourth-order valence-electron chi connectivity index (χ4n) is 9.74. The molecule has 1 saturated carbocycles. The monoisotopic (exact) mass is 942 g/mol. The lowest BCUT2D eigenvalue weighted by Gasteiger charge is -2.29. The summed E-state index contributed by atoms with van der Waals surface area (Å²) in [4.78, 5) is 30.2. The first-order chi connectivity index (χ1) is 31.5. The van der Waals surface area contributed by atoms with Crippen molar-refractivity contribution in [2.45, 2.75) is 59.8 Å². The van der Waals surface area contributed by atoms with E-state index in [1.54, 1.807) is 43.3 Å². The molecule has 2 aliphatic heterocycles. The van der Waals surface area contributed by atoms with E-state index in [4.69, 9.17) is 9.72 Å². The summed E-state index contributed by atoms with van der Waals surface area (Å²) < 4.78 is 93.7. The fraction of sp³-hybridized carbons (Fsp3) is 0.417. The SMILES string of the molecule is COCCN(C)C(=O)CCN(C)S(=O)(=O)c1ccc(N2CC(F)(F)CC2C2CC2c2cnc3c(-c4cc(S(=O)(=O)N(C)C)ccc4N4CCCC4)c[nH]c3c2)c(-c2cc3ccccc3[nH]2)c1. The Morgan fingerprint density at radius 1 is 0.864 bits per heavy atom. The number of nitrogens with one attached hydrogen (secondary N) is 2. The van der Waals surface area contributed by atoms with Gasteiger partial charge in [0, 0.05) is 137 Å². The fourth-order valence-corrected chi connectivity index (χ4v) is 11.9. The van der Waals surface area contributed by atoms with Crippen LogP contribution in [0, 0.1) is 5.92 Å². The molecule has 0 bridgehead atoms. The van der Waals surface area contributed by atoms with Crippen molar-refractivity contribution in [1.29, 1.82) is 0 Å². The number of fused-ring (bicyclic) bond motifs is 2. The van der Waals surface area contributed by atoms with Gasteiger partial charge in [0.05, 0.1) is 34.0 Å². The molecular weight excluding hydrogens is 887 g/mol. The minimum atomic E-state index is -4.10. The van der Waals surface area contributed by atoms with Crippen molar-refractivity contribution in [3.05, 3.63) is 90.8 Å². The lowest BCUT2D eigenvalue weighted by Crippen LogP contribution is -2.35. The number of rotatable bonds is 16. The zero-order valence-electron chi connectivity index (χ0n) is 37.8. The number of pyridine rings is 1. The maximum Gasteiger partial charge on any atom is 0.267 e. The van der Waals surface area contributed by atoms with Gasteiger partial charge in [-0.05, 0) is 91.3 Å². The highest BCUT2D eigenvalue weighted by Crippen LogP contribution is 2.56. The molecule has 6 aromatic rings. The Bertz CT molecular complexity index is 2990. The molecule has 350 valence electrons. The average molecular weight is 943 g/mol. The van der Waals surface area contributed by atoms with Crippen LogP contribution in [-0.2, 0) is 29.6 Å². The van der Waals surface area contributed by atoms with Crippen molar-refractivity contribution in [1.82, 2.24) is 28.5 Å². The summed E-state index contributed by atoms with van der Waals surface area (Å²) in [6.07, 6.45) is 6.06. The number of carbonyl (C=O) groups is 1. The second-order valence-electron chi connectivity index (χ2n) is 18.1. The van der Waals surface area contributed by atoms with Gasteiger partial charge in [-0.2, -0.15) is 0 Å². The largest absolute Gasteiger partial charge is 0.383 e. The number of aromatic nitrogens is 3. The number of sulfonamides is 2. The molecule has 3 fully saturated rings. The molecule has 18 heteroatoms. The van der Waals surface area contributed by atoms with Gasteiger partial charge in [0.25, 0.3) is 5.92 Å².